The summed E-state index contributed by atoms with van der Waals surface area (Å²) in [4.78, 5) is 24.6. The van der Waals surface area contributed by atoms with E-state index in [-0.39, 0.29) is 16.1 Å². The van der Waals surface area contributed by atoms with Gasteiger partial charge < -0.3 is 0 Å². The van der Waals surface area contributed by atoms with Gasteiger partial charge in [-0.15, -0.1) is 0 Å². The summed E-state index contributed by atoms with van der Waals surface area (Å²) in [5.74, 6) is -0.357. The van der Waals surface area contributed by atoms with Crippen LogP contribution in [0, 0.1) is 0 Å². The Morgan fingerprint density at radius 3 is 2.62 bits per heavy atom. The molecule has 24 heavy (non-hydrogen) atoms. The maximum absolute atomic E-state index is 12.4. The van der Waals surface area contributed by atoms with Crippen molar-refractivity contribution in [2.24, 2.45) is 0 Å². The largest absolute Gasteiger partial charge is 0.289 e. The molecule has 3 aromatic rings. The minimum absolute atomic E-state index is 0.145. The van der Waals surface area contributed by atoms with Crippen molar-refractivity contribution in [1.82, 2.24) is 0 Å². The smallest absolute Gasteiger partial charge is 0.244 e. The van der Waals surface area contributed by atoms with E-state index in [1.54, 1.807) is 30.3 Å². The Morgan fingerprint density at radius 1 is 1.08 bits per heavy atom. The molecular formula is C18H9BrCl2O2S. The second kappa shape index (κ2) is 7.19. The third-order valence-electron chi connectivity index (χ3n) is 3.34. The quantitative estimate of drug-likeness (QED) is 0.358. The third-order valence-corrected chi connectivity index (χ3v) is 5.39. The molecule has 0 amide bonds. The van der Waals surface area contributed by atoms with Gasteiger partial charge in [0.2, 0.25) is 4.74 Å². The molecule has 0 bridgehead atoms. The molecule has 0 saturated carbocycles. The van der Waals surface area contributed by atoms with Gasteiger partial charge in [-0.1, -0.05) is 56.5 Å². The lowest BCUT2D eigenvalue weighted by atomic mass is 10.1. The van der Waals surface area contributed by atoms with Crippen LogP contribution in [-0.4, -0.2) is 5.78 Å². The molecule has 0 aliphatic heterocycles. The molecule has 1 aromatic heterocycles. The Balaban J connectivity index is 1.97. The molecule has 6 heteroatoms. The van der Waals surface area contributed by atoms with Crippen LogP contribution < -0.4 is 4.74 Å². The molecule has 0 aliphatic carbocycles. The van der Waals surface area contributed by atoms with Crippen molar-refractivity contribution in [3.05, 3.63) is 83.7 Å². The molecule has 3 rings (SSSR count). The van der Waals surface area contributed by atoms with Gasteiger partial charge in [-0.25, -0.2) is 0 Å². The summed E-state index contributed by atoms with van der Waals surface area (Å²) in [6.45, 7) is 0. The van der Waals surface area contributed by atoms with Gasteiger partial charge in [0.15, 0.2) is 5.78 Å². The molecule has 0 unspecified atom stereocenters. The maximum Gasteiger partial charge on any atom is 0.244 e. The summed E-state index contributed by atoms with van der Waals surface area (Å²) < 4.78 is 1.47. The van der Waals surface area contributed by atoms with Crippen LogP contribution >= 0.6 is 50.5 Å². The third kappa shape index (κ3) is 3.78. The second-order valence-electron chi connectivity index (χ2n) is 4.99. The molecular weight excluding hydrogens is 431 g/mol. The average molecular weight is 440 g/mol. The normalized spacial score (nSPS) is 11.3. The van der Waals surface area contributed by atoms with Crippen LogP contribution in [0.4, 0.5) is 0 Å². The first kappa shape index (κ1) is 17.4. The number of allylic oxidation sites excluding steroid dienone is 1. The molecule has 120 valence electrons. The van der Waals surface area contributed by atoms with E-state index in [1.807, 2.05) is 18.2 Å². The number of rotatable bonds is 3. The zero-order valence-electron chi connectivity index (χ0n) is 12.1. The van der Waals surface area contributed by atoms with Crippen LogP contribution in [0.3, 0.4) is 0 Å². The molecule has 0 spiro atoms. The van der Waals surface area contributed by atoms with Crippen LogP contribution in [0.25, 0.3) is 16.2 Å². The van der Waals surface area contributed by atoms with Gasteiger partial charge in [0.05, 0.1) is 5.56 Å². The zero-order valence-corrected chi connectivity index (χ0v) is 16.0. The van der Waals surface area contributed by atoms with Crippen molar-refractivity contribution < 1.29 is 4.79 Å². The van der Waals surface area contributed by atoms with Crippen molar-refractivity contribution in [1.29, 1.82) is 0 Å². The highest BCUT2D eigenvalue weighted by molar-refractivity contribution is 9.10. The first-order valence-electron chi connectivity index (χ1n) is 6.85. The topological polar surface area (TPSA) is 34.1 Å². The number of benzene rings is 2. The summed E-state index contributed by atoms with van der Waals surface area (Å²) in [7, 11) is 0. The highest BCUT2D eigenvalue weighted by Gasteiger charge is 2.10. The Bertz CT molecular complexity index is 1040. The van der Waals surface area contributed by atoms with Gasteiger partial charge in [-0.05, 0) is 59.5 Å². The van der Waals surface area contributed by atoms with Crippen molar-refractivity contribution in [3.63, 3.8) is 0 Å². The van der Waals surface area contributed by atoms with Gasteiger partial charge in [-0.3, -0.25) is 9.59 Å². The Labute approximate surface area is 160 Å². The molecule has 0 saturated heterocycles. The first-order valence-corrected chi connectivity index (χ1v) is 9.21. The lowest BCUT2D eigenvalue weighted by Gasteiger charge is -2.01. The van der Waals surface area contributed by atoms with E-state index in [0.717, 1.165) is 25.9 Å². The monoisotopic (exact) mass is 438 g/mol. The standard InChI is InChI=1S/C18H9BrCl2O2S/c19-12-3-6-17-11(7-12)8-14(18(23)24-17)16(22)5-2-10-1-4-13(20)9-15(10)21/h1-9H/b5-2+. The second-order valence-corrected chi connectivity index (χ2v) is 7.77. The van der Waals surface area contributed by atoms with E-state index in [1.165, 1.54) is 6.08 Å². The number of halogens is 3. The van der Waals surface area contributed by atoms with E-state index in [2.05, 4.69) is 15.9 Å². The van der Waals surface area contributed by atoms with Gasteiger partial charge in [0, 0.05) is 19.2 Å². The minimum atomic E-state index is -0.357. The van der Waals surface area contributed by atoms with Crippen molar-refractivity contribution in [2.45, 2.75) is 0 Å². The Morgan fingerprint density at radius 2 is 1.88 bits per heavy atom. The summed E-state index contributed by atoms with van der Waals surface area (Å²) in [6.07, 6.45) is 2.93. The summed E-state index contributed by atoms with van der Waals surface area (Å²) in [6, 6.07) is 12.2. The summed E-state index contributed by atoms with van der Waals surface area (Å²) in [5.41, 5.74) is 0.806. The number of hydrogen-bond acceptors (Lipinski definition) is 3. The Hall–Kier alpha value is -1.46. The van der Waals surface area contributed by atoms with Crippen LogP contribution in [-0.2, 0) is 0 Å². The van der Waals surface area contributed by atoms with Crippen molar-refractivity contribution in [2.75, 3.05) is 0 Å². The van der Waals surface area contributed by atoms with Crippen molar-refractivity contribution in [3.8, 4) is 0 Å². The predicted octanol–water partition coefficient (Wildman–Crippen LogP) is 6.23. The van der Waals surface area contributed by atoms with Crippen LogP contribution in [0.5, 0.6) is 0 Å². The minimum Gasteiger partial charge on any atom is -0.289 e. The molecule has 0 aliphatic rings. The molecule has 1 heterocycles. The molecule has 0 atom stereocenters. The van der Waals surface area contributed by atoms with Gasteiger partial charge in [-0.2, -0.15) is 0 Å². The lowest BCUT2D eigenvalue weighted by Crippen LogP contribution is -2.09. The molecule has 0 radical (unpaired) electrons. The van der Waals surface area contributed by atoms with Gasteiger partial charge in [0.25, 0.3) is 0 Å². The highest BCUT2D eigenvalue weighted by Crippen LogP contribution is 2.24. The van der Waals surface area contributed by atoms with E-state index >= 15 is 0 Å². The number of ketones is 1. The zero-order chi connectivity index (χ0) is 17.3. The number of carbonyl (C=O) groups excluding carboxylic acids is 1. The predicted molar refractivity (Wildman–Crippen MR) is 106 cm³/mol. The van der Waals surface area contributed by atoms with Gasteiger partial charge in [0.1, 0.15) is 0 Å². The van der Waals surface area contributed by atoms with Crippen LogP contribution in [0.15, 0.2) is 57.8 Å². The Kier molecular flexibility index (Phi) is 5.21. The fourth-order valence-electron chi connectivity index (χ4n) is 2.16. The van der Waals surface area contributed by atoms with Gasteiger partial charge >= 0.3 is 0 Å². The highest BCUT2D eigenvalue weighted by atomic mass is 79.9. The van der Waals surface area contributed by atoms with E-state index in [0.29, 0.717) is 15.6 Å². The molecule has 0 fully saturated rings. The molecule has 0 N–H and O–H groups in total. The van der Waals surface area contributed by atoms with Crippen LogP contribution in [0.1, 0.15) is 15.9 Å². The number of carbonyl (C=O) groups is 1. The fraction of sp³-hybridized carbons (Fsp3) is 0. The average Bonchev–Trinajstić information content (AvgIpc) is 2.53. The molecule has 2 aromatic carbocycles. The number of hydrogen-bond donors (Lipinski definition) is 0. The number of fused-ring (bicyclic) bond motifs is 1. The van der Waals surface area contributed by atoms with Crippen molar-refractivity contribution >= 4 is 72.4 Å². The first-order chi connectivity index (χ1) is 11.4. The SMILES string of the molecule is O=C(/C=C/c1ccc(Cl)cc1Cl)c1cc2cc(Br)ccc2sc1=O. The lowest BCUT2D eigenvalue weighted by molar-refractivity contribution is 0.104. The van der Waals surface area contributed by atoms with E-state index in [9.17, 15) is 9.59 Å². The fourth-order valence-corrected chi connectivity index (χ4v) is 3.85. The molecule has 2 nitrogen and oxygen atoms in total. The maximum atomic E-state index is 12.4. The van der Waals surface area contributed by atoms with E-state index in [4.69, 9.17) is 23.2 Å². The summed E-state index contributed by atoms with van der Waals surface area (Å²) in [5, 5.41) is 1.81. The van der Waals surface area contributed by atoms with E-state index < -0.39 is 0 Å². The van der Waals surface area contributed by atoms with Crippen LogP contribution in [0.2, 0.25) is 10.0 Å². The summed E-state index contributed by atoms with van der Waals surface area (Å²) >= 11 is 16.4.